The minimum absolute atomic E-state index is 0.119. The van der Waals surface area contributed by atoms with Crippen LogP contribution in [-0.4, -0.2) is 64.1 Å². The Balaban J connectivity index is 1.36. The largest absolute Gasteiger partial charge is 0.368 e. The van der Waals surface area contributed by atoms with E-state index >= 15 is 0 Å². The summed E-state index contributed by atoms with van der Waals surface area (Å²) in [5.74, 6) is -0.422. The molecule has 6 rings (SSSR count). The van der Waals surface area contributed by atoms with E-state index in [-0.39, 0.29) is 6.04 Å². The van der Waals surface area contributed by atoms with Gasteiger partial charge >= 0.3 is 0 Å². The van der Waals surface area contributed by atoms with Crippen molar-refractivity contribution >= 4 is 27.8 Å². The summed E-state index contributed by atoms with van der Waals surface area (Å²) in [5.41, 5.74) is 4.71. The van der Waals surface area contributed by atoms with Gasteiger partial charge in [-0.05, 0) is 51.4 Å². The van der Waals surface area contributed by atoms with Gasteiger partial charge in [0.25, 0.3) is 0 Å². The normalized spacial score (nSPS) is 18.7. The lowest BCUT2D eigenvalue weighted by Gasteiger charge is -2.44. The van der Waals surface area contributed by atoms with Crippen molar-refractivity contribution in [3.8, 4) is 6.07 Å². The summed E-state index contributed by atoms with van der Waals surface area (Å²) in [5, 5.41) is 19.5. The molecule has 2 aliphatic heterocycles. The van der Waals surface area contributed by atoms with Gasteiger partial charge in [0.15, 0.2) is 5.82 Å². The van der Waals surface area contributed by atoms with Crippen LogP contribution in [0.2, 0.25) is 0 Å². The standard InChI is InChI=1S/C24H25FN8/c1-15-11-31(22-7-5-17(9-26)33-24(22)20(25)10-27-33)14-23-19-6-4-16(8-21(19)28-32(15)23)30-12-18(13-30)29(2)3/h4-8,10,15,18H,11-14H2,1-3H3/t15-/m1/s1. The van der Waals surface area contributed by atoms with Crippen LogP contribution in [-0.2, 0) is 6.54 Å². The summed E-state index contributed by atoms with van der Waals surface area (Å²) in [6.45, 7) is 5.49. The highest BCUT2D eigenvalue weighted by Gasteiger charge is 2.31. The molecular formula is C24H25FN8. The minimum Gasteiger partial charge on any atom is -0.368 e. The molecule has 168 valence electrons. The molecule has 0 N–H and O–H groups in total. The molecule has 1 fully saturated rings. The first kappa shape index (κ1) is 20.0. The number of halogens is 1. The van der Waals surface area contributed by atoms with E-state index in [1.165, 1.54) is 16.4 Å². The molecule has 2 aliphatic rings. The van der Waals surface area contributed by atoms with E-state index in [2.05, 4.69) is 69.8 Å². The third-order valence-electron chi connectivity index (χ3n) is 7.03. The van der Waals surface area contributed by atoms with Gasteiger partial charge in [-0.2, -0.15) is 15.5 Å². The van der Waals surface area contributed by atoms with Crippen molar-refractivity contribution < 1.29 is 4.39 Å². The molecule has 0 radical (unpaired) electrons. The van der Waals surface area contributed by atoms with Gasteiger partial charge in [0, 0.05) is 36.7 Å². The number of rotatable bonds is 3. The number of hydrogen-bond acceptors (Lipinski definition) is 6. The van der Waals surface area contributed by atoms with Crippen molar-refractivity contribution in [3.05, 3.63) is 53.7 Å². The lowest BCUT2D eigenvalue weighted by Crippen LogP contribution is -2.57. The highest BCUT2D eigenvalue weighted by molar-refractivity contribution is 5.86. The number of anilines is 2. The summed E-state index contributed by atoms with van der Waals surface area (Å²) in [6, 6.07) is 12.8. The zero-order chi connectivity index (χ0) is 22.9. The lowest BCUT2D eigenvalue weighted by molar-refractivity contribution is 0.247. The second kappa shape index (κ2) is 7.18. The fraction of sp³-hybridized carbons (Fsp3) is 0.375. The van der Waals surface area contributed by atoms with E-state index in [1.54, 1.807) is 6.07 Å². The maximum absolute atomic E-state index is 14.7. The molecule has 33 heavy (non-hydrogen) atoms. The van der Waals surface area contributed by atoms with Gasteiger partial charge in [-0.3, -0.25) is 4.68 Å². The van der Waals surface area contributed by atoms with E-state index in [0.717, 1.165) is 35.4 Å². The summed E-state index contributed by atoms with van der Waals surface area (Å²) < 4.78 is 18.2. The van der Waals surface area contributed by atoms with Gasteiger partial charge < -0.3 is 14.7 Å². The minimum atomic E-state index is -0.422. The average Bonchev–Trinajstić information content (AvgIpc) is 3.33. The van der Waals surface area contributed by atoms with E-state index in [1.807, 2.05) is 6.07 Å². The lowest BCUT2D eigenvalue weighted by atomic mass is 10.1. The molecule has 3 aromatic heterocycles. The molecule has 1 atom stereocenters. The van der Waals surface area contributed by atoms with E-state index < -0.39 is 5.82 Å². The second-order valence-corrected chi connectivity index (χ2v) is 9.31. The summed E-state index contributed by atoms with van der Waals surface area (Å²) in [6.07, 6.45) is 1.17. The first-order valence-electron chi connectivity index (χ1n) is 11.2. The fourth-order valence-corrected chi connectivity index (χ4v) is 5.07. The summed E-state index contributed by atoms with van der Waals surface area (Å²) >= 11 is 0. The van der Waals surface area contributed by atoms with Gasteiger partial charge in [0.05, 0.1) is 35.7 Å². The number of hydrogen-bond donors (Lipinski definition) is 0. The van der Waals surface area contributed by atoms with Gasteiger partial charge in [-0.1, -0.05) is 0 Å². The number of benzene rings is 1. The molecule has 1 saturated heterocycles. The van der Waals surface area contributed by atoms with E-state index in [9.17, 15) is 9.65 Å². The molecule has 0 spiro atoms. The van der Waals surface area contributed by atoms with E-state index in [4.69, 9.17) is 5.10 Å². The Kier molecular flexibility index (Phi) is 4.35. The number of pyridine rings is 1. The Morgan fingerprint density at radius 3 is 2.70 bits per heavy atom. The number of likely N-dealkylation sites (N-methyl/N-ethyl adjacent to an activating group) is 1. The number of nitriles is 1. The Hall–Kier alpha value is -3.64. The number of fused-ring (bicyclic) bond motifs is 4. The van der Waals surface area contributed by atoms with Crippen LogP contribution in [0.15, 0.2) is 36.5 Å². The molecule has 0 unspecified atom stereocenters. The Bertz CT molecular complexity index is 1420. The molecule has 0 amide bonds. The van der Waals surface area contributed by atoms with Crippen LogP contribution in [0.25, 0.3) is 16.4 Å². The Morgan fingerprint density at radius 1 is 1.12 bits per heavy atom. The third kappa shape index (κ3) is 2.98. The van der Waals surface area contributed by atoms with Gasteiger partial charge in [0.2, 0.25) is 0 Å². The van der Waals surface area contributed by atoms with Crippen LogP contribution >= 0.6 is 0 Å². The Labute approximate surface area is 191 Å². The molecule has 1 aromatic carbocycles. The van der Waals surface area contributed by atoms with Crippen LogP contribution < -0.4 is 9.80 Å². The van der Waals surface area contributed by atoms with Gasteiger partial charge in [-0.15, -0.1) is 0 Å². The quantitative estimate of drug-likeness (QED) is 0.484. The highest BCUT2D eigenvalue weighted by atomic mass is 19.1. The predicted octanol–water partition coefficient (Wildman–Crippen LogP) is 3.03. The third-order valence-corrected chi connectivity index (χ3v) is 7.03. The molecule has 5 heterocycles. The molecule has 0 saturated carbocycles. The number of aromatic nitrogens is 4. The van der Waals surface area contributed by atoms with Crippen molar-refractivity contribution in [1.29, 1.82) is 5.26 Å². The topological polar surface area (TPSA) is 68.6 Å². The van der Waals surface area contributed by atoms with Crippen LogP contribution in [0.4, 0.5) is 15.8 Å². The predicted molar refractivity (Wildman–Crippen MR) is 125 cm³/mol. The van der Waals surface area contributed by atoms with Crippen molar-refractivity contribution in [3.63, 3.8) is 0 Å². The molecule has 0 bridgehead atoms. The SMILES string of the molecule is C[C@@H]1CN(c2ccc(C#N)n3ncc(F)c23)Cc2c3ccc(N4CC(N(C)C)C4)cc3nn21. The molecule has 9 heteroatoms. The average molecular weight is 445 g/mol. The van der Waals surface area contributed by atoms with Crippen molar-refractivity contribution in [2.45, 2.75) is 25.6 Å². The van der Waals surface area contributed by atoms with Crippen molar-refractivity contribution in [2.24, 2.45) is 0 Å². The molecular weight excluding hydrogens is 419 g/mol. The summed E-state index contributed by atoms with van der Waals surface area (Å²) in [4.78, 5) is 6.81. The van der Waals surface area contributed by atoms with Crippen LogP contribution in [0.3, 0.4) is 0 Å². The molecule has 8 nitrogen and oxygen atoms in total. The van der Waals surface area contributed by atoms with Crippen LogP contribution in [0.5, 0.6) is 0 Å². The number of nitrogens with zero attached hydrogens (tertiary/aromatic N) is 8. The first-order chi connectivity index (χ1) is 15.9. The molecule has 0 aliphatic carbocycles. The zero-order valence-corrected chi connectivity index (χ0v) is 18.9. The summed E-state index contributed by atoms with van der Waals surface area (Å²) in [7, 11) is 4.25. The van der Waals surface area contributed by atoms with Gasteiger partial charge in [-0.25, -0.2) is 8.91 Å². The maximum atomic E-state index is 14.7. The zero-order valence-electron chi connectivity index (χ0n) is 18.9. The van der Waals surface area contributed by atoms with Crippen LogP contribution in [0, 0.1) is 17.1 Å². The first-order valence-corrected chi connectivity index (χ1v) is 11.2. The second-order valence-electron chi connectivity index (χ2n) is 9.31. The van der Waals surface area contributed by atoms with Crippen molar-refractivity contribution in [2.75, 3.05) is 43.5 Å². The Morgan fingerprint density at radius 2 is 1.94 bits per heavy atom. The monoisotopic (exact) mass is 444 g/mol. The highest BCUT2D eigenvalue weighted by Crippen LogP contribution is 2.35. The molecule has 4 aromatic rings. The van der Waals surface area contributed by atoms with Crippen LogP contribution in [0.1, 0.15) is 24.4 Å². The fourth-order valence-electron chi connectivity index (χ4n) is 5.07. The smallest absolute Gasteiger partial charge is 0.171 e. The van der Waals surface area contributed by atoms with Gasteiger partial charge in [0.1, 0.15) is 17.3 Å². The van der Waals surface area contributed by atoms with Crippen molar-refractivity contribution in [1.82, 2.24) is 24.3 Å². The van der Waals surface area contributed by atoms with E-state index in [0.29, 0.717) is 30.3 Å². The maximum Gasteiger partial charge on any atom is 0.171 e.